The summed E-state index contributed by atoms with van der Waals surface area (Å²) in [5.74, 6) is -5.39. The molecule has 330 valence electrons. The first-order valence-electron chi connectivity index (χ1n) is 19.7. The van der Waals surface area contributed by atoms with Crippen molar-refractivity contribution in [1.82, 2.24) is 47.2 Å². The molecule has 1 heterocycles. The first kappa shape index (κ1) is 48.3. The van der Waals surface area contributed by atoms with Crippen molar-refractivity contribution in [2.75, 3.05) is 19.6 Å². The Morgan fingerprint density at radius 2 is 1.31 bits per heavy atom. The van der Waals surface area contributed by atoms with E-state index >= 15 is 0 Å². The summed E-state index contributed by atoms with van der Waals surface area (Å²) in [4.78, 5) is 98.7. The quantitative estimate of drug-likeness (QED) is 0.0238. The summed E-state index contributed by atoms with van der Waals surface area (Å²) in [5.41, 5.74) is 18.8. The lowest BCUT2D eigenvalue weighted by molar-refractivity contribution is -0.134. The molecule has 3 aromatic rings. The van der Waals surface area contributed by atoms with Crippen LogP contribution in [0, 0.1) is 11.3 Å². The van der Waals surface area contributed by atoms with Gasteiger partial charge in [0, 0.05) is 25.6 Å². The number of carbonyl (C=O) groups excluding carboxylic acids is 7. The zero-order chi connectivity index (χ0) is 44.9. The third-order valence-corrected chi connectivity index (χ3v) is 9.12. The number of phenols is 1. The molecular formula is C40H57N13O8. The van der Waals surface area contributed by atoms with Gasteiger partial charge in [0.05, 0.1) is 31.2 Å². The Bertz CT molecular complexity index is 1930. The third kappa shape index (κ3) is 18.2. The Labute approximate surface area is 353 Å². The van der Waals surface area contributed by atoms with Crippen molar-refractivity contribution in [2.24, 2.45) is 23.1 Å². The van der Waals surface area contributed by atoms with Gasteiger partial charge < -0.3 is 64.5 Å². The van der Waals surface area contributed by atoms with Gasteiger partial charge in [0.15, 0.2) is 5.96 Å². The van der Waals surface area contributed by atoms with Crippen LogP contribution in [0.1, 0.15) is 49.9 Å². The molecule has 21 nitrogen and oxygen atoms in total. The molecule has 0 fully saturated rings. The van der Waals surface area contributed by atoms with Gasteiger partial charge in [-0.05, 0) is 54.9 Å². The van der Waals surface area contributed by atoms with Crippen LogP contribution < -0.4 is 54.4 Å². The predicted molar refractivity (Wildman–Crippen MR) is 224 cm³/mol. The van der Waals surface area contributed by atoms with Gasteiger partial charge in [-0.15, -0.1) is 0 Å². The molecule has 5 atom stereocenters. The van der Waals surface area contributed by atoms with Crippen LogP contribution in [-0.2, 0) is 52.8 Å². The molecule has 0 aliphatic heterocycles. The molecule has 7 amide bonds. The number of hydrogen-bond acceptors (Lipinski definition) is 11. The zero-order valence-corrected chi connectivity index (χ0v) is 34.2. The number of primary amides is 1. The fourth-order valence-corrected chi connectivity index (χ4v) is 5.98. The number of nitrogens with zero attached hydrogens (tertiary/aromatic N) is 1. The van der Waals surface area contributed by atoms with Crippen molar-refractivity contribution in [3.8, 4) is 5.75 Å². The average molecular weight is 848 g/mol. The predicted octanol–water partition coefficient (Wildman–Crippen LogP) is -2.56. The first-order valence-corrected chi connectivity index (χ1v) is 19.7. The number of aromatic hydroxyl groups is 1. The van der Waals surface area contributed by atoms with Crippen LogP contribution in [0.3, 0.4) is 0 Å². The van der Waals surface area contributed by atoms with Crippen molar-refractivity contribution >= 4 is 47.3 Å². The van der Waals surface area contributed by atoms with Gasteiger partial charge in [-0.3, -0.25) is 39.0 Å². The molecule has 2 aromatic carbocycles. The lowest BCUT2D eigenvalue weighted by Gasteiger charge is -2.27. The van der Waals surface area contributed by atoms with E-state index in [0.717, 1.165) is 0 Å². The molecule has 0 radical (unpaired) electrons. The molecule has 0 bridgehead atoms. The third-order valence-electron chi connectivity index (χ3n) is 9.12. The van der Waals surface area contributed by atoms with Crippen LogP contribution in [0.2, 0.25) is 0 Å². The summed E-state index contributed by atoms with van der Waals surface area (Å²) in [5, 5.41) is 34.9. The maximum Gasteiger partial charge on any atom is 0.243 e. The largest absolute Gasteiger partial charge is 0.508 e. The summed E-state index contributed by atoms with van der Waals surface area (Å²) < 4.78 is 0. The Morgan fingerprint density at radius 1 is 0.705 bits per heavy atom. The molecular weight excluding hydrogens is 791 g/mol. The van der Waals surface area contributed by atoms with Crippen molar-refractivity contribution in [1.29, 1.82) is 5.41 Å². The highest BCUT2D eigenvalue weighted by atomic mass is 16.3. The Kier molecular flexibility index (Phi) is 19.6. The fourth-order valence-electron chi connectivity index (χ4n) is 5.98. The van der Waals surface area contributed by atoms with E-state index in [0.29, 0.717) is 16.8 Å². The molecule has 16 N–H and O–H groups in total. The smallest absolute Gasteiger partial charge is 0.243 e. The Balaban J connectivity index is 1.68. The maximum absolute atomic E-state index is 13.9. The van der Waals surface area contributed by atoms with E-state index in [1.165, 1.54) is 18.5 Å². The minimum Gasteiger partial charge on any atom is -0.508 e. The highest BCUT2D eigenvalue weighted by molar-refractivity contribution is 5.96. The number of benzene rings is 2. The molecule has 1 aromatic heterocycles. The second-order valence-corrected chi connectivity index (χ2v) is 14.7. The monoisotopic (exact) mass is 847 g/mol. The van der Waals surface area contributed by atoms with E-state index < -0.39 is 84.6 Å². The van der Waals surface area contributed by atoms with Crippen molar-refractivity contribution in [3.63, 3.8) is 0 Å². The van der Waals surface area contributed by atoms with Gasteiger partial charge >= 0.3 is 0 Å². The van der Waals surface area contributed by atoms with Crippen LogP contribution in [-0.4, -0.2) is 112 Å². The van der Waals surface area contributed by atoms with Crippen molar-refractivity contribution in [2.45, 2.75) is 82.6 Å². The van der Waals surface area contributed by atoms with E-state index in [4.69, 9.17) is 22.6 Å². The van der Waals surface area contributed by atoms with Crippen LogP contribution in [0.25, 0.3) is 0 Å². The van der Waals surface area contributed by atoms with Crippen LogP contribution in [0.4, 0.5) is 0 Å². The van der Waals surface area contributed by atoms with Gasteiger partial charge in [-0.2, -0.15) is 0 Å². The summed E-state index contributed by atoms with van der Waals surface area (Å²) in [6.45, 7) is 2.82. The highest BCUT2D eigenvalue weighted by Crippen LogP contribution is 2.12. The highest BCUT2D eigenvalue weighted by Gasteiger charge is 2.32. The van der Waals surface area contributed by atoms with Gasteiger partial charge in [0.2, 0.25) is 41.4 Å². The first-order chi connectivity index (χ1) is 29.0. The lowest BCUT2D eigenvalue weighted by Crippen LogP contribution is -2.59. The normalized spacial score (nSPS) is 13.3. The molecule has 21 heteroatoms. The van der Waals surface area contributed by atoms with Crippen LogP contribution >= 0.6 is 0 Å². The second kappa shape index (κ2) is 24.8. The number of aromatic nitrogens is 2. The topological polar surface area (TPSA) is 355 Å². The Morgan fingerprint density at radius 3 is 1.93 bits per heavy atom. The number of H-pyrrole nitrogens is 1. The number of guanidine groups is 1. The molecule has 0 unspecified atom stereocenters. The number of hydrogen-bond donors (Lipinski definition) is 13. The summed E-state index contributed by atoms with van der Waals surface area (Å²) in [7, 11) is 0. The van der Waals surface area contributed by atoms with Gasteiger partial charge in [0.1, 0.15) is 29.9 Å². The number of aromatic amines is 1. The van der Waals surface area contributed by atoms with Crippen molar-refractivity contribution in [3.05, 3.63) is 83.9 Å². The van der Waals surface area contributed by atoms with Gasteiger partial charge in [0.25, 0.3) is 0 Å². The number of carbonyl (C=O) groups is 7. The standard InChI is InChI=1S/C40H57N13O8/c1-23(2)15-31(38(60)51-29(9-6-14-46-40(43)44)37(59)52-30(35(42)57)18-26-19-45-22-49-26)53-39(61)32(17-24-7-4-3-5-8-24)50-34(56)21-47-33(55)20-48-36(58)28(41)16-25-10-12-27(54)13-11-25/h3-5,7-8,10-13,19,22-23,28-32,54H,6,9,14-18,20-21,41H2,1-2H3,(H2,42,57)(H,45,49)(H,47,55)(H,48,58)(H,50,56)(H,51,60)(H,52,59)(H,53,61)(H4,43,44,46)/t28-,29-,30-,31-,32-/m0/s1. The second-order valence-electron chi connectivity index (χ2n) is 14.7. The van der Waals surface area contributed by atoms with Crippen LogP contribution in [0.15, 0.2) is 67.1 Å². The SMILES string of the molecule is CC(C)C[C@H](NC(=O)[C@H](Cc1ccccc1)NC(=O)CNC(=O)CNC(=O)[C@@H](N)Cc1ccc(O)cc1)C(=O)N[C@@H](CCCNC(=N)N)C(=O)N[C@@H](Cc1c[nH]cn1)C(N)=O. The molecule has 0 saturated heterocycles. The molecule has 0 saturated carbocycles. The average Bonchev–Trinajstić information content (AvgIpc) is 3.73. The van der Waals surface area contributed by atoms with E-state index in [1.807, 2.05) is 13.8 Å². The van der Waals surface area contributed by atoms with Crippen LogP contribution in [0.5, 0.6) is 5.75 Å². The van der Waals surface area contributed by atoms with E-state index in [2.05, 4.69) is 47.2 Å². The zero-order valence-electron chi connectivity index (χ0n) is 34.2. The lowest BCUT2D eigenvalue weighted by atomic mass is 10.00. The van der Waals surface area contributed by atoms with E-state index in [9.17, 15) is 38.7 Å². The van der Waals surface area contributed by atoms with Crippen molar-refractivity contribution < 1.29 is 38.7 Å². The number of nitrogens with one attached hydrogen (secondary N) is 9. The molecule has 61 heavy (non-hydrogen) atoms. The minimum atomic E-state index is -1.22. The number of imidazole rings is 1. The number of nitrogens with two attached hydrogens (primary N) is 3. The Hall–Kier alpha value is -7.03. The molecule has 0 aliphatic carbocycles. The number of rotatable bonds is 25. The number of phenolic OH excluding ortho intramolecular Hbond substituents is 1. The summed E-state index contributed by atoms with van der Waals surface area (Å²) >= 11 is 0. The maximum atomic E-state index is 13.9. The fraction of sp³-hybridized carbons (Fsp3) is 0.425. The van der Waals surface area contributed by atoms with E-state index in [1.54, 1.807) is 48.7 Å². The summed E-state index contributed by atoms with van der Waals surface area (Å²) in [6, 6.07) is 9.16. The van der Waals surface area contributed by atoms with Gasteiger partial charge in [-0.1, -0.05) is 56.3 Å². The minimum absolute atomic E-state index is 0.00996. The molecule has 0 spiro atoms. The molecule has 0 aliphatic rings. The van der Waals surface area contributed by atoms with E-state index in [-0.39, 0.29) is 62.7 Å². The van der Waals surface area contributed by atoms with Gasteiger partial charge in [-0.25, -0.2) is 4.98 Å². The number of amides is 7. The molecule has 3 rings (SSSR count). The summed E-state index contributed by atoms with van der Waals surface area (Å²) in [6.07, 6.45) is 3.54.